The second-order valence-corrected chi connectivity index (χ2v) is 7.64. The molecule has 1 aromatic carbocycles. The van der Waals surface area contributed by atoms with E-state index in [9.17, 15) is 14.7 Å². The minimum Gasteiger partial charge on any atom is -0.502 e. The third-order valence-corrected chi connectivity index (χ3v) is 5.71. The van der Waals surface area contributed by atoms with E-state index in [0.717, 1.165) is 24.0 Å². The second kappa shape index (κ2) is 7.79. The number of benzene rings is 1. The molecule has 8 nitrogen and oxygen atoms in total. The summed E-state index contributed by atoms with van der Waals surface area (Å²) in [5, 5.41) is 12.5. The Morgan fingerprint density at radius 1 is 1.03 bits per heavy atom. The van der Waals surface area contributed by atoms with E-state index < -0.39 is 11.2 Å². The van der Waals surface area contributed by atoms with Gasteiger partial charge in [-0.15, -0.1) is 0 Å². The molecule has 1 atom stereocenters. The number of aromatic hydroxyl groups is 1. The van der Waals surface area contributed by atoms with Crippen molar-refractivity contribution < 1.29 is 14.6 Å². The van der Waals surface area contributed by atoms with Crippen LogP contribution >= 0.6 is 0 Å². The summed E-state index contributed by atoms with van der Waals surface area (Å²) >= 11 is 0. The summed E-state index contributed by atoms with van der Waals surface area (Å²) in [5.41, 5.74) is 1.21. The van der Waals surface area contributed by atoms with Crippen molar-refractivity contribution in [2.24, 2.45) is 0 Å². The summed E-state index contributed by atoms with van der Waals surface area (Å²) in [6.07, 6.45) is 4.72. The molecule has 2 bridgehead atoms. The molecule has 0 saturated carbocycles. The third kappa shape index (κ3) is 3.30. The van der Waals surface area contributed by atoms with E-state index >= 15 is 0 Å². The standard InChI is InChI=1S/C23H22N4O4/c28-18-10-13-26-20(21(18)29)23(30)25-12-4-5-14-31-22-17(9-6-11-24-22)19(27(26)15-25)16-7-2-1-3-8-16/h1-3,6-11,13,19,29H,4-5,12,14-15H2/t19-/m1/s1. The van der Waals surface area contributed by atoms with Gasteiger partial charge in [0.05, 0.1) is 6.61 Å². The van der Waals surface area contributed by atoms with Gasteiger partial charge in [-0.3, -0.25) is 19.3 Å². The van der Waals surface area contributed by atoms with E-state index in [1.54, 1.807) is 22.0 Å². The number of hydrogen-bond acceptors (Lipinski definition) is 6. The van der Waals surface area contributed by atoms with E-state index in [1.807, 2.05) is 47.5 Å². The normalized spacial score (nSPS) is 18.5. The third-order valence-electron chi connectivity index (χ3n) is 5.71. The molecule has 0 saturated heterocycles. The molecule has 0 radical (unpaired) electrons. The van der Waals surface area contributed by atoms with Gasteiger partial charge in [0.25, 0.3) is 5.91 Å². The van der Waals surface area contributed by atoms with Crippen LogP contribution < -0.4 is 15.2 Å². The molecule has 0 fully saturated rings. The molecule has 4 heterocycles. The maximum absolute atomic E-state index is 13.2. The van der Waals surface area contributed by atoms with Crippen molar-refractivity contribution in [3.63, 3.8) is 0 Å². The first-order valence-corrected chi connectivity index (χ1v) is 10.3. The highest BCUT2D eigenvalue weighted by Crippen LogP contribution is 2.36. The van der Waals surface area contributed by atoms with Gasteiger partial charge in [-0.1, -0.05) is 30.3 Å². The lowest BCUT2D eigenvalue weighted by atomic mass is 9.98. The maximum atomic E-state index is 13.2. The van der Waals surface area contributed by atoms with E-state index in [2.05, 4.69) is 4.98 Å². The van der Waals surface area contributed by atoms with Gasteiger partial charge >= 0.3 is 0 Å². The molecule has 158 valence electrons. The van der Waals surface area contributed by atoms with Crippen LogP contribution in [0.3, 0.4) is 0 Å². The molecule has 5 rings (SSSR count). The Morgan fingerprint density at radius 2 is 1.87 bits per heavy atom. The van der Waals surface area contributed by atoms with Crippen LogP contribution in [0.25, 0.3) is 0 Å². The highest BCUT2D eigenvalue weighted by atomic mass is 16.5. The van der Waals surface area contributed by atoms with Crippen molar-refractivity contribution in [3.8, 4) is 11.6 Å². The first-order chi connectivity index (χ1) is 15.1. The van der Waals surface area contributed by atoms with E-state index in [-0.39, 0.29) is 17.6 Å². The molecule has 0 spiro atoms. The van der Waals surface area contributed by atoms with E-state index in [0.29, 0.717) is 25.7 Å². The van der Waals surface area contributed by atoms with Gasteiger partial charge in [0.15, 0.2) is 11.4 Å². The molecule has 0 aliphatic carbocycles. The number of fused-ring (bicyclic) bond motifs is 5. The Kier molecular flexibility index (Phi) is 4.82. The van der Waals surface area contributed by atoms with Crippen molar-refractivity contribution in [3.05, 3.63) is 88.0 Å². The van der Waals surface area contributed by atoms with Crippen molar-refractivity contribution in [2.45, 2.75) is 18.9 Å². The predicted octanol–water partition coefficient (Wildman–Crippen LogP) is 2.26. The summed E-state index contributed by atoms with van der Waals surface area (Å²) in [5.74, 6) is -0.357. The van der Waals surface area contributed by atoms with Crippen LogP contribution in [-0.4, -0.2) is 45.4 Å². The average Bonchev–Trinajstić information content (AvgIpc) is 2.82. The van der Waals surface area contributed by atoms with Crippen LogP contribution in [0.2, 0.25) is 0 Å². The van der Waals surface area contributed by atoms with Crippen LogP contribution in [0.15, 0.2) is 65.7 Å². The molecule has 2 aliphatic rings. The van der Waals surface area contributed by atoms with Crippen LogP contribution in [0.5, 0.6) is 11.6 Å². The maximum Gasteiger partial charge on any atom is 0.277 e. The molecule has 31 heavy (non-hydrogen) atoms. The quantitative estimate of drug-likeness (QED) is 0.652. The van der Waals surface area contributed by atoms with E-state index in [1.165, 1.54) is 6.07 Å². The Morgan fingerprint density at radius 3 is 2.71 bits per heavy atom. The van der Waals surface area contributed by atoms with Gasteiger partial charge in [-0.25, -0.2) is 4.98 Å². The summed E-state index contributed by atoms with van der Waals surface area (Å²) in [6, 6.07) is 14.6. The Labute approximate surface area is 178 Å². The molecule has 2 aliphatic heterocycles. The number of carbonyl (C=O) groups excluding carboxylic acids is 1. The number of hydrogen-bond donors (Lipinski definition) is 1. The second-order valence-electron chi connectivity index (χ2n) is 7.64. The SMILES string of the molecule is O=C1c2c(O)c(=O)ccn2N2CN1CCCCOc1ncccc1[C@H]2c1ccccc1. The molecule has 3 aromatic rings. The van der Waals surface area contributed by atoms with E-state index in [4.69, 9.17) is 4.74 Å². The summed E-state index contributed by atoms with van der Waals surface area (Å²) in [6.45, 7) is 1.28. The lowest BCUT2D eigenvalue weighted by Crippen LogP contribution is -2.55. The fourth-order valence-corrected chi connectivity index (χ4v) is 4.22. The summed E-state index contributed by atoms with van der Waals surface area (Å²) < 4.78 is 7.61. The summed E-state index contributed by atoms with van der Waals surface area (Å²) in [7, 11) is 0. The number of ether oxygens (including phenoxy) is 1. The van der Waals surface area contributed by atoms with Gasteiger partial charge in [-0.05, 0) is 30.5 Å². The zero-order valence-corrected chi connectivity index (χ0v) is 16.8. The summed E-state index contributed by atoms with van der Waals surface area (Å²) in [4.78, 5) is 31.5. The average molecular weight is 418 g/mol. The highest BCUT2D eigenvalue weighted by Gasteiger charge is 2.37. The molecule has 0 unspecified atom stereocenters. The molecule has 1 amide bonds. The topological polar surface area (TPSA) is 87.9 Å². The van der Waals surface area contributed by atoms with Gasteiger partial charge in [0.1, 0.15) is 12.7 Å². The molecule has 1 N–H and O–H groups in total. The molecular weight excluding hydrogens is 396 g/mol. The highest BCUT2D eigenvalue weighted by molar-refractivity contribution is 5.96. The molecule has 2 aromatic heterocycles. The largest absolute Gasteiger partial charge is 0.502 e. The predicted molar refractivity (Wildman–Crippen MR) is 114 cm³/mol. The van der Waals surface area contributed by atoms with Gasteiger partial charge < -0.3 is 14.7 Å². The number of rotatable bonds is 1. The minimum atomic E-state index is -0.577. The fraction of sp³-hybridized carbons (Fsp3) is 0.261. The van der Waals surface area contributed by atoms with Crippen LogP contribution in [0.4, 0.5) is 0 Å². The van der Waals surface area contributed by atoms with Crippen molar-refractivity contribution in [1.82, 2.24) is 14.6 Å². The number of pyridine rings is 2. The van der Waals surface area contributed by atoms with Gasteiger partial charge in [-0.2, -0.15) is 0 Å². The van der Waals surface area contributed by atoms with Crippen molar-refractivity contribution in [1.29, 1.82) is 0 Å². The first-order valence-electron chi connectivity index (χ1n) is 10.3. The first kappa shape index (κ1) is 19.2. The zero-order valence-electron chi connectivity index (χ0n) is 16.8. The zero-order chi connectivity index (χ0) is 21.4. The smallest absolute Gasteiger partial charge is 0.277 e. The number of amides is 1. The van der Waals surface area contributed by atoms with Crippen LogP contribution in [0, 0.1) is 0 Å². The van der Waals surface area contributed by atoms with Crippen LogP contribution in [-0.2, 0) is 0 Å². The Bertz CT molecular complexity index is 1180. The minimum absolute atomic E-state index is 0.0229. The van der Waals surface area contributed by atoms with Crippen LogP contribution in [0.1, 0.15) is 40.5 Å². The molecule has 8 heteroatoms. The lowest BCUT2D eigenvalue weighted by Gasteiger charge is -2.43. The fourth-order valence-electron chi connectivity index (χ4n) is 4.22. The Balaban J connectivity index is 1.78. The van der Waals surface area contributed by atoms with Gasteiger partial charge in [0.2, 0.25) is 11.3 Å². The van der Waals surface area contributed by atoms with Gasteiger partial charge in [0, 0.05) is 30.6 Å². The van der Waals surface area contributed by atoms with Crippen molar-refractivity contribution >= 4 is 5.91 Å². The van der Waals surface area contributed by atoms with Crippen molar-refractivity contribution in [2.75, 3.05) is 24.8 Å². The Hall–Kier alpha value is -3.81. The monoisotopic (exact) mass is 418 g/mol. The number of aromatic nitrogens is 2. The number of nitrogens with zero attached hydrogens (tertiary/aromatic N) is 4. The lowest BCUT2D eigenvalue weighted by molar-refractivity contribution is 0.0676. The molecular formula is C23H22N4O4. The number of carbonyl (C=O) groups is 1.